The molecule has 4 heteroatoms. The van der Waals surface area contributed by atoms with Gasteiger partial charge in [-0.05, 0) is 26.2 Å². The van der Waals surface area contributed by atoms with Gasteiger partial charge in [0, 0.05) is 12.6 Å². The second-order valence-corrected chi connectivity index (χ2v) is 2.90. The lowest BCUT2D eigenvalue weighted by Gasteiger charge is -2.10. The first-order valence-electron chi connectivity index (χ1n) is 4.23. The van der Waals surface area contributed by atoms with Crippen LogP contribution in [0.3, 0.4) is 0 Å². The Kier molecular flexibility index (Phi) is 6.70. The van der Waals surface area contributed by atoms with E-state index in [0.29, 0.717) is 0 Å². The molecule has 0 fully saturated rings. The van der Waals surface area contributed by atoms with Crippen LogP contribution in [0.4, 0.5) is 0 Å². The lowest BCUT2D eigenvalue weighted by Crippen LogP contribution is -2.31. The highest BCUT2D eigenvalue weighted by Crippen LogP contribution is 1.98. The van der Waals surface area contributed by atoms with Gasteiger partial charge in [-0.2, -0.15) is 0 Å². The molecule has 4 nitrogen and oxygen atoms in total. The Bertz CT molecular complexity index is 127. The zero-order valence-corrected chi connectivity index (χ0v) is 7.42. The highest BCUT2D eigenvalue weighted by atomic mass is 16.4. The summed E-state index contributed by atoms with van der Waals surface area (Å²) < 4.78 is 0. The lowest BCUT2D eigenvalue weighted by atomic mass is 10.1. The summed E-state index contributed by atoms with van der Waals surface area (Å²) in [5, 5.41) is 19.7. The number of unbranched alkanes of at least 4 members (excludes halogenated alkanes) is 1. The van der Waals surface area contributed by atoms with E-state index < -0.39 is 5.97 Å². The molecule has 0 aliphatic carbocycles. The summed E-state index contributed by atoms with van der Waals surface area (Å²) in [7, 11) is 0. The molecule has 1 unspecified atom stereocenters. The fraction of sp³-hybridized carbons (Fsp3) is 0.875. The minimum atomic E-state index is -0.830. The molecular formula is C8H17NO3. The Morgan fingerprint density at radius 1 is 1.50 bits per heavy atom. The van der Waals surface area contributed by atoms with Crippen molar-refractivity contribution >= 4 is 5.97 Å². The molecule has 0 aliphatic rings. The number of hydrogen-bond acceptors (Lipinski definition) is 3. The average molecular weight is 175 g/mol. The van der Waals surface area contributed by atoms with Crippen molar-refractivity contribution in [2.75, 3.05) is 13.2 Å². The van der Waals surface area contributed by atoms with Crippen molar-refractivity contribution in [3.8, 4) is 0 Å². The van der Waals surface area contributed by atoms with Gasteiger partial charge in [0.2, 0.25) is 0 Å². The molecule has 0 aromatic rings. The van der Waals surface area contributed by atoms with Crippen molar-refractivity contribution in [3.05, 3.63) is 0 Å². The summed E-state index contributed by atoms with van der Waals surface area (Å²) in [6.45, 7) is 2.17. The summed E-state index contributed by atoms with van der Waals surface area (Å²) in [5.74, 6) is -0.830. The van der Waals surface area contributed by atoms with Crippen LogP contribution in [-0.4, -0.2) is 35.4 Å². The Balaban J connectivity index is 3.21. The van der Waals surface area contributed by atoms with Gasteiger partial charge in [-0.1, -0.05) is 0 Å². The van der Waals surface area contributed by atoms with Gasteiger partial charge in [0.15, 0.2) is 0 Å². The molecule has 0 amide bonds. The number of aliphatic hydroxyl groups excluding tert-OH is 1. The van der Waals surface area contributed by atoms with Crippen LogP contribution in [0.25, 0.3) is 0 Å². The zero-order valence-electron chi connectivity index (χ0n) is 7.42. The number of carboxylic acid groups (broad SMARTS) is 1. The molecule has 0 heterocycles. The van der Waals surface area contributed by atoms with Crippen LogP contribution in [0, 0.1) is 0 Å². The second-order valence-electron chi connectivity index (χ2n) is 2.90. The summed E-state index contributed by atoms with van der Waals surface area (Å²) in [4.78, 5) is 10.1. The van der Waals surface area contributed by atoms with E-state index in [2.05, 4.69) is 5.32 Å². The normalized spacial score (nSPS) is 12.8. The molecule has 0 saturated carbocycles. The summed E-state index contributed by atoms with van der Waals surface area (Å²) in [6.07, 6.45) is 2.64. The molecule has 12 heavy (non-hydrogen) atoms. The van der Waals surface area contributed by atoms with Gasteiger partial charge >= 0.3 is 5.97 Å². The van der Waals surface area contributed by atoms with E-state index >= 15 is 0 Å². The van der Waals surface area contributed by atoms with Gasteiger partial charge in [0.25, 0.3) is 0 Å². The molecule has 0 spiro atoms. The first-order valence-corrected chi connectivity index (χ1v) is 4.23. The lowest BCUT2D eigenvalue weighted by molar-refractivity contribution is -0.136. The van der Waals surface area contributed by atoms with Gasteiger partial charge in [0.1, 0.15) is 0 Å². The van der Waals surface area contributed by atoms with Crippen molar-refractivity contribution in [1.82, 2.24) is 5.32 Å². The standard InChI is InChI=1S/C8H17NO3/c1-7(4-2-3-5-10)9-6-8(11)12/h7,9-10H,2-6H2,1H3,(H,11,12). The van der Waals surface area contributed by atoms with E-state index in [4.69, 9.17) is 10.2 Å². The summed E-state index contributed by atoms with van der Waals surface area (Å²) in [6, 6.07) is 0.215. The van der Waals surface area contributed by atoms with Crippen LogP contribution in [0.2, 0.25) is 0 Å². The minimum absolute atomic E-state index is 0.0142. The van der Waals surface area contributed by atoms with Gasteiger partial charge in [-0.15, -0.1) is 0 Å². The number of nitrogens with one attached hydrogen (secondary N) is 1. The first kappa shape index (κ1) is 11.4. The van der Waals surface area contributed by atoms with Crippen molar-refractivity contribution in [2.24, 2.45) is 0 Å². The third kappa shape index (κ3) is 7.50. The molecule has 0 rings (SSSR count). The van der Waals surface area contributed by atoms with Crippen molar-refractivity contribution in [3.63, 3.8) is 0 Å². The van der Waals surface area contributed by atoms with Crippen LogP contribution in [0.1, 0.15) is 26.2 Å². The average Bonchev–Trinajstić information content (AvgIpc) is 2.01. The highest BCUT2D eigenvalue weighted by Gasteiger charge is 2.02. The molecule has 72 valence electrons. The molecule has 1 atom stereocenters. The molecule has 0 radical (unpaired) electrons. The number of aliphatic carboxylic acids is 1. The maximum Gasteiger partial charge on any atom is 0.317 e. The third-order valence-electron chi connectivity index (χ3n) is 1.65. The molecule has 0 bridgehead atoms. The molecule has 0 aromatic carbocycles. The zero-order chi connectivity index (χ0) is 9.40. The van der Waals surface area contributed by atoms with E-state index in [1.165, 1.54) is 0 Å². The summed E-state index contributed by atoms with van der Waals surface area (Å²) in [5.41, 5.74) is 0. The van der Waals surface area contributed by atoms with Gasteiger partial charge in [-0.3, -0.25) is 4.79 Å². The third-order valence-corrected chi connectivity index (χ3v) is 1.65. The molecule has 0 aliphatic heterocycles. The monoisotopic (exact) mass is 175 g/mol. The maximum atomic E-state index is 10.1. The van der Waals surface area contributed by atoms with Crippen LogP contribution in [-0.2, 0) is 4.79 Å². The van der Waals surface area contributed by atoms with Crippen LogP contribution in [0.15, 0.2) is 0 Å². The Morgan fingerprint density at radius 3 is 2.67 bits per heavy atom. The van der Waals surface area contributed by atoms with E-state index in [-0.39, 0.29) is 19.2 Å². The number of aliphatic hydroxyl groups is 1. The smallest absolute Gasteiger partial charge is 0.317 e. The van der Waals surface area contributed by atoms with E-state index in [1.54, 1.807) is 0 Å². The maximum absolute atomic E-state index is 10.1. The van der Waals surface area contributed by atoms with E-state index in [9.17, 15) is 4.79 Å². The minimum Gasteiger partial charge on any atom is -0.480 e. The number of hydrogen-bond donors (Lipinski definition) is 3. The number of carboxylic acids is 1. The summed E-state index contributed by atoms with van der Waals surface area (Å²) >= 11 is 0. The number of rotatable bonds is 7. The predicted octanol–water partition coefficient (Wildman–Crippen LogP) is 0.212. The quantitative estimate of drug-likeness (QED) is 0.484. The highest BCUT2D eigenvalue weighted by molar-refractivity contribution is 5.69. The van der Waals surface area contributed by atoms with E-state index in [1.807, 2.05) is 6.92 Å². The molecule has 0 aromatic heterocycles. The van der Waals surface area contributed by atoms with E-state index in [0.717, 1.165) is 19.3 Å². The topological polar surface area (TPSA) is 69.6 Å². The molecule has 3 N–H and O–H groups in total. The van der Waals surface area contributed by atoms with Crippen LogP contribution < -0.4 is 5.32 Å². The SMILES string of the molecule is CC(CCCCO)NCC(=O)O. The first-order chi connectivity index (χ1) is 5.66. The number of carbonyl (C=O) groups is 1. The Labute approximate surface area is 72.6 Å². The van der Waals surface area contributed by atoms with Crippen molar-refractivity contribution < 1.29 is 15.0 Å². The molecule has 0 saturated heterocycles. The van der Waals surface area contributed by atoms with Crippen LogP contribution in [0.5, 0.6) is 0 Å². The van der Waals surface area contributed by atoms with Crippen molar-refractivity contribution in [2.45, 2.75) is 32.2 Å². The largest absolute Gasteiger partial charge is 0.480 e. The van der Waals surface area contributed by atoms with Gasteiger partial charge in [-0.25, -0.2) is 0 Å². The van der Waals surface area contributed by atoms with Crippen molar-refractivity contribution in [1.29, 1.82) is 0 Å². The second kappa shape index (κ2) is 7.06. The molecular weight excluding hydrogens is 158 g/mol. The fourth-order valence-corrected chi connectivity index (χ4v) is 0.926. The fourth-order valence-electron chi connectivity index (χ4n) is 0.926. The van der Waals surface area contributed by atoms with Gasteiger partial charge < -0.3 is 15.5 Å². The predicted molar refractivity (Wildman–Crippen MR) is 46.0 cm³/mol. The van der Waals surface area contributed by atoms with Crippen LogP contribution >= 0.6 is 0 Å². The van der Waals surface area contributed by atoms with Gasteiger partial charge in [0.05, 0.1) is 6.54 Å². The Hall–Kier alpha value is -0.610. The Morgan fingerprint density at radius 2 is 2.17 bits per heavy atom.